The largest absolute Gasteiger partial charge is 0.369 e. The zero-order valence-electron chi connectivity index (χ0n) is 8.79. The minimum absolute atomic E-state index is 1.06. The molecule has 2 nitrogen and oxygen atoms in total. The molecule has 1 saturated heterocycles. The molecule has 0 unspecified atom stereocenters. The molecule has 0 aromatic heterocycles. The summed E-state index contributed by atoms with van der Waals surface area (Å²) in [4.78, 5) is 2.48. The Hall–Kier alpha value is -1.02. The average molecular weight is 190 g/mol. The van der Waals surface area contributed by atoms with Gasteiger partial charge in [0.25, 0.3) is 0 Å². The van der Waals surface area contributed by atoms with Crippen LogP contribution in [0, 0.1) is 0 Å². The maximum atomic E-state index is 3.38. The van der Waals surface area contributed by atoms with E-state index in [0.717, 1.165) is 32.6 Å². The van der Waals surface area contributed by atoms with Crippen LogP contribution in [0.5, 0.6) is 0 Å². The highest BCUT2D eigenvalue weighted by molar-refractivity contribution is 5.34. The first kappa shape index (κ1) is 9.53. The summed E-state index contributed by atoms with van der Waals surface area (Å²) < 4.78 is 0. The van der Waals surface area contributed by atoms with Crippen molar-refractivity contribution in [2.75, 3.05) is 26.2 Å². The van der Waals surface area contributed by atoms with Crippen molar-refractivity contribution >= 4 is 0 Å². The molecule has 1 aliphatic carbocycles. The Morgan fingerprint density at radius 1 is 1.29 bits per heavy atom. The molecule has 14 heavy (non-hydrogen) atoms. The minimum Gasteiger partial charge on any atom is -0.369 e. The molecule has 0 atom stereocenters. The van der Waals surface area contributed by atoms with E-state index in [-0.39, 0.29) is 0 Å². The highest BCUT2D eigenvalue weighted by Crippen LogP contribution is 2.18. The molecule has 2 aliphatic rings. The van der Waals surface area contributed by atoms with Gasteiger partial charge >= 0.3 is 0 Å². The van der Waals surface area contributed by atoms with Gasteiger partial charge < -0.3 is 10.2 Å². The molecule has 1 aliphatic heterocycles. The highest BCUT2D eigenvalue weighted by Gasteiger charge is 2.13. The van der Waals surface area contributed by atoms with E-state index >= 15 is 0 Å². The molecular weight excluding hydrogens is 172 g/mol. The third-order valence-electron chi connectivity index (χ3n) is 2.79. The van der Waals surface area contributed by atoms with E-state index in [1.165, 1.54) is 11.3 Å². The number of piperazine rings is 1. The van der Waals surface area contributed by atoms with Gasteiger partial charge in [0.1, 0.15) is 0 Å². The van der Waals surface area contributed by atoms with E-state index < -0.39 is 0 Å². The molecule has 1 N–H and O–H groups in total. The minimum atomic E-state index is 1.06. The Morgan fingerprint density at radius 2 is 2.07 bits per heavy atom. The summed E-state index contributed by atoms with van der Waals surface area (Å²) in [7, 11) is 0. The van der Waals surface area contributed by atoms with Crippen LogP contribution in [-0.2, 0) is 0 Å². The first-order valence-corrected chi connectivity index (χ1v) is 5.37. The van der Waals surface area contributed by atoms with Gasteiger partial charge in [0.05, 0.1) is 0 Å². The fourth-order valence-electron chi connectivity index (χ4n) is 2.00. The molecule has 0 bridgehead atoms. The highest BCUT2D eigenvalue weighted by atomic mass is 15.2. The molecule has 1 fully saturated rings. The van der Waals surface area contributed by atoms with Crippen LogP contribution in [0.2, 0.25) is 0 Å². The summed E-state index contributed by atoms with van der Waals surface area (Å²) in [5, 5.41) is 3.38. The standard InChI is InChI=1S/C12H18N2/c1-11-5-3-2-4-6-12(11)14-9-7-13-8-10-14/h2-3,5-6,13H,4,7-10H2,1H3. The lowest BCUT2D eigenvalue weighted by molar-refractivity contribution is 0.303. The lowest BCUT2D eigenvalue weighted by atomic mass is 10.1. The Labute approximate surface area is 86.0 Å². The topological polar surface area (TPSA) is 15.3 Å². The summed E-state index contributed by atoms with van der Waals surface area (Å²) in [6, 6.07) is 0. The van der Waals surface area contributed by atoms with E-state index in [4.69, 9.17) is 0 Å². The fourth-order valence-corrected chi connectivity index (χ4v) is 2.00. The van der Waals surface area contributed by atoms with E-state index in [2.05, 4.69) is 41.4 Å². The molecule has 0 aromatic rings. The Morgan fingerprint density at radius 3 is 2.86 bits per heavy atom. The quantitative estimate of drug-likeness (QED) is 0.677. The van der Waals surface area contributed by atoms with Gasteiger partial charge in [-0.25, -0.2) is 0 Å². The average Bonchev–Trinajstić information content (AvgIpc) is 2.44. The smallest absolute Gasteiger partial charge is 0.0359 e. The van der Waals surface area contributed by atoms with Crippen molar-refractivity contribution in [1.82, 2.24) is 10.2 Å². The molecule has 0 aromatic carbocycles. The summed E-state index contributed by atoms with van der Waals surface area (Å²) in [6.45, 7) is 6.69. The zero-order valence-corrected chi connectivity index (χ0v) is 8.79. The zero-order chi connectivity index (χ0) is 9.80. The molecule has 76 valence electrons. The van der Waals surface area contributed by atoms with E-state index in [1.807, 2.05) is 0 Å². The van der Waals surface area contributed by atoms with Crippen molar-refractivity contribution in [1.29, 1.82) is 0 Å². The van der Waals surface area contributed by atoms with Crippen LogP contribution in [0.3, 0.4) is 0 Å². The van der Waals surface area contributed by atoms with E-state index in [0.29, 0.717) is 0 Å². The number of nitrogens with one attached hydrogen (secondary N) is 1. The van der Waals surface area contributed by atoms with Gasteiger partial charge in [-0.3, -0.25) is 0 Å². The van der Waals surface area contributed by atoms with Crippen molar-refractivity contribution in [2.45, 2.75) is 13.3 Å². The normalized spacial score (nSPS) is 22.8. The number of hydrogen-bond acceptors (Lipinski definition) is 2. The second-order valence-corrected chi connectivity index (χ2v) is 3.84. The first-order valence-electron chi connectivity index (χ1n) is 5.37. The molecule has 2 heteroatoms. The van der Waals surface area contributed by atoms with Gasteiger partial charge in [0.2, 0.25) is 0 Å². The molecule has 0 radical (unpaired) electrons. The lowest BCUT2D eigenvalue weighted by Gasteiger charge is -2.32. The Kier molecular flexibility index (Phi) is 3.04. The second-order valence-electron chi connectivity index (χ2n) is 3.84. The van der Waals surface area contributed by atoms with Gasteiger partial charge in [-0.1, -0.05) is 24.3 Å². The first-order chi connectivity index (χ1) is 6.88. The van der Waals surface area contributed by atoms with Crippen LogP contribution < -0.4 is 5.32 Å². The maximum absolute atomic E-state index is 3.38. The molecule has 0 spiro atoms. The van der Waals surface area contributed by atoms with Crippen LogP contribution in [0.25, 0.3) is 0 Å². The predicted octanol–water partition coefficient (Wildman–Crippen LogP) is 1.68. The van der Waals surface area contributed by atoms with E-state index in [1.54, 1.807) is 0 Å². The molecule has 0 amide bonds. The lowest BCUT2D eigenvalue weighted by Crippen LogP contribution is -2.43. The van der Waals surface area contributed by atoms with Gasteiger partial charge in [0, 0.05) is 31.9 Å². The van der Waals surface area contributed by atoms with Gasteiger partial charge in [-0.2, -0.15) is 0 Å². The van der Waals surface area contributed by atoms with Gasteiger partial charge in [-0.05, 0) is 18.9 Å². The van der Waals surface area contributed by atoms with Crippen LogP contribution in [-0.4, -0.2) is 31.1 Å². The van der Waals surface area contributed by atoms with Crippen molar-refractivity contribution in [3.8, 4) is 0 Å². The summed E-state index contributed by atoms with van der Waals surface area (Å²) in [5.74, 6) is 0. The van der Waals surface area contributed by atoms with Crippen LogP contribution in [0.4, 0.5) is 0 Å². The van der Waals surface area contributed by atoms with Gasteiger partial charge in [0.15, 0.2) is 0 Å². The second kappa shape index (κ2) is 4.47. The number of hydrogen-bond donors (Lipinski definition) is 1. The summed E-state index contributed by atoms with van der Waals surface area (Å²) in [6.07, 6.45) is 9.97. The van der Waals surface area contributed by atoms with Crippen LogP contribution >= 0.6 is 0 Å². The Balaban J connectivity index is 2.11. The van der Waals surface area contributed by atoms with Crippen LogP contribution in [0.15, 0.2) is 35.6 Å². The van der Waals surface area contributed by atoms with Crippen molar-refractivity contribution in [3.63, 3.8) is 0 Å². The van der Waals surface area contributed by atoms with Crippen molar-refractivity contribution < 1.29 is 0 Å². The van der Waals surface area contributed by atoms with Crippen LogP contribution in [0.1, 0.15) is 13.3 Å². The SMILES string of the molecule is CC1=CC=CCC=C1N1CCNCC1. The summed E-state index contributed by atoms with van der Waals surface area (Å²) in [5.41, 5.74) is 2.82. The number of nitrogens with zero attached hydrogens (tertiary/aromatic N) is 1. The predicted molar refractivity (Wildman–Crippen MR) is 60.0 cm³/mol. The third-order valence-corrected chi connectivity index (χ3v) is 2.79. The summed E-state index contributed by atoms with van der Waals surface area (Å²) >= 11 is 0. The molecule has 2 rings (SSSR count). The number of rotatable bonds is 1. The van der Waals surface area contributed by atoms with Gasteiger partial charge in [-0.15, -0.1) is 0 Å². The fraction of sp³-hybridized carbons (Fsp3) is 0.500. The molecule has 0 saturated carbocycles. The van der Waals surface area contributed by atoms with Crippen molar-refractivity contribution in [3.05, 3.63) is 35.6 Å². The van der Waals surface area contributed by atoms with Crippen molar-refractivity contribution in [2.24, 2.45) is 0 Å². The maximum Gasteiger partial charge on any atom is 0.0359 e. The third kappa shape index (κ3) is 2.07. The Bertz CT molecular complexity index is 281. The van der Waals surface area contributed by atoms with E-state index in [9.17, 15) is 0 Å². The monoisotopic (exact) mass is 190 g/mol. The number of allylic oxidation sites excluding steroid dienone is 5. The molecule has 1 heterocycles. The molecular formula is C12H18N2.